The van der Waals surface area contributed by atoms with Crippen LogP contribution in [-0.4, -0.2) is 50.3 Å². The van der Waals surface area contributed by atoms with Gasteiger partial charge in [-0.05, 0) is 26.3 Å². The molecule has 0 aliphatic rings. The lowest BCUT2D eigenvalue weighted by atomic mass is 10.2. The molecule has 0 aromatic heterocycles. The fraction of sp³-hybridized carbons (Fsp3) is 1.00. The zero-order chi connectivity index (χ0) is 12.4. The topological polar surface area (TPSA) is 24.5 Å². The Labute approximate surface area is 102 Å². The van der Waals surface area contributed by atoms with E-state index in [-0.39, 0.29) is 0 Å². The molecule has 1 atom stereocenters. The maximum absolute atomic E-state index is 5.19. The SMILES string of the molecule is CCC(CC)NCCN(CC)C(C)COC. The first kappa shape index (κ1) is 15.9. The number of nitrogens with one attached hydrogen (secondary N) is 1. The van der Waals surface area contributed by atoms with Crippen molar-refractivity contribution in [3.8, 4) is 0 Å². The van der Waals surface area contributed by atoms with E-state index in [1.165, 1.54) is 12.8 Å². The van der Waals surface area contributed by atoms with Crippen molar-refractivity contribution < 1.29 is 4.74 Å². The second-order valence-corrected chi connectivity index (χ2v) is 4.40. The molecule has 3 nitrogen and oxygen atoms in total. The van der Waals surface area contributed by atoms with Crippen LogP contribution in [0.3, 0.4) is 0 Å². The van der Waals surface area contributed by atoms with Gasteiger partial charge < -0.3 is 10.1 Å². The van der Waals surface area contributed by atoms with Crippen molar-refractivity contribution in [3.05, 3.63) is 0 Å². The summed E-state index contributed by atoms with van der Waals surface area (Å²) in [4.78, 5) is 2.46. The van der Waals surface area contributed by atoms with Gasteiger partial charge in [0.05, 0.1) is 6.61 Å². The summed E-state index contributed by atoms with van der Waals surface area (Å²) >= 11 is 0. The Morgan fingerprint density at radius 3 is 2.25 bits per heavy atom. The Bertz CT molecular complexity index is 149. The minimum atomic E-state index is 0.513. The molecule has 0 aromatic rings. The molecule has 1 unspecified atom stereocenters. The average molecular weight is 230 g/mol. The molecular weight excluding hydrogens is 200 g/mol. The van der Waals surface area contributed by atoms with Crippen LogP contribution in [0.4, 0.5) is 0 Å². The lowest BCUT2D eigenvalue weighted by Crippen LogP contribution is -2.42. The van der Waals surface area contributed by atoms with Gasteiger partial charge in [0.25, 0.3) is 0 Å². The predicted octanol–water partition coefficient (Wildman–Crippen LogP) is 2.12. The molecule has 98 valence electrons. The van der Waals surface area contributed by atoms with Gasteiger partial charge in [-0.2, -0.15) is 0 Å². The summed E-state index contributed by atoms with van der Waals surface area (Å²) in [6.45, 7) is 13.0. The van der Waals surface area contributed by atoms with Crippen LogP contribution in [-0.2, 0) is 4.74 Å². The number of likely N-dealkylation sites (N-methyl/N-ethyl adjacent to an activating group) is 1. The van der Waals surface area contributed by atoms with E-state index >= 15 is 0 Å². The second kappa shape index (κ2) is 10.1. The van der Waals surface area contributed by atoms with Crippen molar-refractivity contribution in [1.29, 1.82) is 0 Å². The minimum absolute atomic E-state index is 0.513. The standard InChI is InChI=1S/C13H30N2O/c1-6-13(7-2)14-9-10-15(8-3)12(4)11-16-5/h12-14H,6-11H2,1-5H3. The lowest BCUT2D eigenvalue weighted by molar-refractivity contribution is 0.102. The van der Waals surface area contributed by atoms with E-state index < -0.39 is 0 Å². The Kier molecular flexibility index (Phi) is 9.99. The predicted molar refractivity (Wildman–Crippen MR) is 71.0 cm³/mol. The van der Waals surface area contributed by atoms with Crippen molar-refractivity contribution >= 4 is 0 Å². The van der Waals surface area contributed by atoms with Gasteiger partial charge >= 0.3 is 0 Å². The van der Waals surface area contributed by atoms with Gasteiger partial charge in [0, 0.05) is 32.3 Å². The van der Waals surface area contributed by atoms with Crippen molar-refractivity contribution in [2.45, 2.75) is 52.6 Å². The molecule has 16 heavy (non-hydrogen) atoms. The first-order chi connectivity index (χ1) is 7.69. The van der Waals surface area contributed by atoms with Gasteiger partial charge in [-0.15, -0.1) is 0 Å². The van der Waals surface area contributed by atoms with Crippen LogP contribution < -0.4 is 5.32 Å². The molecule has 0 fully saturated rings. The lowest BCUT2D eigenvalue weighted by Gasteiger charge is -2.28. The van der Waals surface area contributed by atoms with Crippen LogP contribution in [0.5, 0.6) is 0 Å². The van der Waals surface area contributed by atoms with Gasteiger partial charge in [-0.25, -0.2) is 0 Å². The maximum atomic E-state index is 5.19. The van der Waals surface area contributed by atoms with Crippen molar-refractivity contribution in [2.75, 3.05) is 33.4 Å². The van der Waals surface area contributed by atoms with Gasteiger partial charge in [0.2, 0.25) is 0 Å². The first-order valence-electron chi connectivity index (χ1n) is 6.65. The second-order valence-electron chi connectivity index (χ2n) is 4.40. The third kappa shape index (κ3) is 6.46. The number of ether oxygens (including phenoxy) is 1. The average Bonchev–Trinajstić information content (AvgIpc) is 2.30. The summed E-state index contributed by atoms with van der Waals surface area (Å²) in [6, 6.07) is 1.19. The van der Waals surface area contributed by atoms with Gasteiger partial charge in [0.1, 0.15) is 0 Å². The van der Waals surface area contributed by atoms with E-state index in [0.29, 0.717) is 12.1 Å². The summed E-state index contributed by atoms with van der Waals surface area (Å²) in [7, 11) is 1.77. The molecule has 0 bridgehead atoms. The molecule has 0 amide bonds. The zero-order valence-corrected chi connectivity index (χ0v) is 11.8. The highest BCUT2D eigenvalue weighted by atomic mass is 16.5. The van der Waals surface area contributed by atoms with Gasteiger partial charge in [-0.1, -0.05) is 20.8 Å². The fourth-order valence-electron chi connectivity index (χ4n) is 2.03. The number of rotatable bonds is 10. The summed E-state index contributed by atoms with van der Waals surface area (Å²) < 4.78 is 5.19. The summed E-state index contributed by atoms with van der Waals surface area (Å²) in [5.74, 6) is 0. The Morgan fingerprint density at radius 2 is 1.81 bits per heavy atom. The Hall–Kier alpha value is -0.120. The smallest absolute Gasteiger partial charge is 0.0615 e. The highest BCUT2D eigenvalue weighted by Crippen LogP contribution is 1.99. The van der Waals surface area contributed by atoms with Crippen molar-refractivity contribution in [1.82, 2.24) is 10.2 Å². The van der Waals surface area contributed by atoms with Crippen LogP contribution in [0.1, 0.15) is 40.5 Å². The van der Waals surface area contributed by atoms with E-state index in [2.05, 4.69) is 37.9 Å². The maximum Gasteiger partial charge on any atom is 0.0615 e. The largest absolute Gasteiger partial charge is 0.383 e. The molecule has 0 aliphatic carbocycles. The number of methoxy groups -OCH3 is 1. The van der Waals surface area contributed by atoms with Gasteiger partial charge in [0.15, 0.2) is 0 Å². The molecule has 0 saturated heterocycles. The third-order valence-corrected chi connectivity index (χ3v) is 3.26. The number of hydrogen-bond donors (Lipinski definition) is 1. The molecule has 0 saturated carbocycles. The van der Waals surface area contributed by atoms with Crippen LogP contribution in [0.25, 0.3) is 0 Å². The van der Waals surface area contributed by atoms with E-state index in [0.717, 1.165) is 26.2 Å². The van der Waals surface area contributed by atoms with Crippen LogP contribution in [0.15, 0.2) is 0 Å². The van der Waals surface area contributed by atoms with Crippen LogP contribution >= 0.6 is 0 Å². The summed E-state index contributed by atoms with van der Waals surface area (Å²) in [5.41, 5.74) is 0. The Morgan fingerprint density at radius 1 is 1.19 bits per heavy atom. The molecular formula is C13H30N2O. The molecule has 3 heteroatoms. The van der Waals surface area contributed by atoms with Crippen molar-refractivity contribution in [3.63, 3.8) is 0 Å². The molecule has 0 radical (unpaired) electrons. The zero-order valence-electron chi connectivity index (χ0n) is 11.8. The molecule has 1 N–H and O–H groups in total. The fourth-order valence-corrected chi connectivity index (χ4v) is 2.03. The van der Waals surface area contributed by atoms with Gasteiger partial charge in [-0.3, -0.25) is 4.90 Å². The molecule has 0 aromatic carbocycles. The van der Waals surface area contributed by atoms with E-state index in [4.69, 9.17) is 4.74 Å². The summed E-state index contributed by atoms with van der Waals surface area (Å²) in [5, 5.41) is 3.60. The number of nitrogens with zero attached hydrogens (tertiary/aromatic N) is 1. The van der Waals surface area contributed by atoms with Crippen LogP contribution in [0, 0.1) is 0 Å². The monoisotopic (exact) mass is 230 g/mol. The third-order valence-electron chi connectivity index (χ3n) is 3.26. The van der Waals surface area contributed by atoms with E-state index in [1.54, 1.807) is 7.11 Å². The normalized spacial score (nSPS) is 13.7. The highest BCUT2D eigenvalue weighted by Gasteiger charge is 2.11. The van der Waals surface area contributed by atoms with E-state index in [9.17, 15) is 0 Å². The van der Waals surface area contributed by atoms with Crippen molar-refractivity contribution in [2.24, 2.45) is 0 Å². The quantitative estimate of drug-likeness (QED) is 0.622. The molecule has 0 rings (SSSR count). The van der Waals surface area contributed by atoms with Crippen LogP contribution in [0.2, 0.25) is 0 Å². The first-order valence-corrected chi connectivity index (χ1v) is 6.65. The molecule has 0 aliphatic heterocycles. The summed E-state index contributed by atoms with van der Waals surface area (Å²) in [6.07, 6.45) is 2.44. The minimum Gasteiger partial charge on any atom is -0.383 e. The number of hydrogen-bond acceptors (Lipinski definition) is 3. The Balaban J connectivity index is 3.77. The van der Waals surface area contributed by atoms with E-state index in [1.807, 2.05) is 0 Å². The highest BCUT2D eigenvalue weighted by molar-refractivity contribution is 4.69. The molecule has 0 spiro atoms. The molecule has 0 heterocycles.